The second-order valence-corrected chi connectivity index (χ2v) is 10.1. The summed E-state index contributed by atoms with van der Waals surface area (Å²) in [6.07, 6.45) is 7.93. The summed E-state index contributed by atoms with van der Waals surface area (Å²) in [6.45, 7) is 3.26. The molecule has 4 heterocycles. The van der Waals surface area contributed by atoms with Crippen LogP contribution in [0.5, 0.6) is 0 Å². The largest absolute Gasteiger partial charge is 0.478 e. The first-order valence-electron chi connectivity index (χ1n) is 12.7. The average molecular weight is 500 g/mol. The number of carboxylic acids is 1. The molecule has 0 spiro atoms. The van der Waals surface area contributed by atoms with Crippen molar-refractivity contribution in [1.29, 1.82) is 0 Å². The van der Waals surface area contributed by atoms with Gasteiger partial charge in [0.25, 0.3) is 5.91 Å². The number of nitrogens with one attached hydrogen (secondary N) is 1. The van der Waals surface area contributed by atoms with Crippen LogP contribution in [0.4, 0.5) is 0 Å². The molecule has 37 heavy (non-hydrogen) atoms. The second kappa shape index (κ2) is 9.44. The number of pyridine rings is 1. The van der Waals surface area contributed by atoms with E-state index in [0.717, 1.165) is 37.4 Å². The van der Waals surface area contributed by atoms with Crippen LogP contribution in [0, 0.1) is 5.92 Å². The van der Waals surface area contributed by atoms with E-state index in [1.165, 1.54) is 24.1 Å². The summed E-state index contributed by atoms with van der Waals surface area (Å²) in [5.41, 5.74) is 2.53. The molecule has 2 aliphatic rings. The summed E-state index contributed by atoms with van der Waals surface area (Å²) in [7, 11) is 1.80. The van der Waals surface area contributed by atoms with E-state index >= 15 is 0 Å². The molecular weight excluding hydrogens is 470 g/mol. The molecule has 0 atom stereocenters. The van der Waals surface area contributed by atoms with Crippen LogP contribution < -0.4 is 5.32 Å². The van der Waals surface area contributed by atoms with Crippen molar-refractivity contribution in [3.63, 3.8) is 0 Å². The van der Waals surface area contributed by atoms with Gasteiger partial charge in [-0.1, -0.05) is 23.4 Å². The molecule has 1 aliphatic heterocycles. The third-order valence-corrected chi connectivity index (χ3v) is 7.43. The number of carbonyl (C=O) groups is 2. The van der Waals surface area contributed by atoms with E-state index < -0.39 is 5.97 Å². The van der Waals surface area contributed by atoms with Crippen molar-refractivity contribution < 1.29 is 14.7 Å². The fourth-order valence-corrected chi connectivity index (χ4v) is 5.22. The van der Waals surface area contributed by atoms with Gasteiger partial charge in [-0.25, -0.2) is 9.48 Å². The quantitative estimate of drug-likeness (QED) is 0.401. The Bertz CT molecular complexity index is 1460. The molecule has 6 rings (SSSR count). The third-order valence-electron chi connectivity index (χ3n) is 7.43. The Labute approximate surface area is 213 Å². The highest BCUT2D eigenvalue weighted by molar-refractivity contribution is 6.07. The van der Waals surface area contributed by atoms with Crippen LogP contribution in [-0.4, -0.2) is 72.1 Å². The lowest BCUT2D eigenvalue weighted by atomic mass is 10.0. The summed E-state index contributed by atoms with van der Waals surface area (Å²) in [4.78, 5) is 31.7. The van der Waals surface area contributed by atoms with E-state index in [4.69, 9.17) is 0 Å². The highest BCUT2D eigenvalue weighted by atomic mass is 16.4. The van der Waals surface area contributed by atoms with E-state index in [1.54, 1.807) is 42.2 Å². The molecule has 2 N–H and O–H groups in total. The predicted molar refractivity (Wildman–Crippen MR) is 138 cm³/mol. The lowest BCUT2D eigenvalue weighted by Crippen LogP contribution is -2.45. The number of aromatic nitrogens is 5. The molecule has 1 aliphatic carbocycles. The molecular formula is C27H29N7O3. The maximum Gasteiger partial charge on any atom is 0.340 e. The van der Waals surface area contributed by atoms with Crippen molar-refractivity contribution >= 4 is 22.8 Å². The Hall–Kier alpha value is -4.05. The normalized spacial score (nSPS) is 16.8. The van der Waals surface area contributed by atoms with Gasteiger partial charge in [-0.05, 0) is 49.8 Å². The van der Waals surface area contributed by atoms with E-state index in [9.17, 15) is 14.7 Å². The van der Waals surface area contributed by atoms with Crippen molar-refractivity contribution in [1.82, 2.24) is 34.8 Å². The van der Waals surface area contributed by atoms with E-state index in [-0.39, 0.29) is 17.5 Å². The lowest BCUT2D eigenvalue weighted by Gasteiger charge is -2.32. The topological polar surface area (TPSA) is 118 Å². The number of aromatic carboxylic acids is 1. The summed E-state index contributed by atoms with van der Waals surface area (Å²) >= 11 is 0. The summed E-state index contributed by atoms with van der Waals surface area (Å²) < 4.78 is 3.26. The van der Waals surface area contributed by atoms with Crippen LogP contribution in [0.3, 0.4) is 0 Å². The predicted octanol–water partition coefficient (Wildman–Crippen LogP) is 3.12. The molecule has 1 amide bonds. The number of carbonyl (C=O) groups excluding carboxylic acids is 1. The van der Waals surface area contributed by atoms with Gasteiger partial charge in [-0.2, -0.15) is 0 Å². The number of piperidine rings is 1. The van der Waals surface area contributed by atoms with Crippen molar-refractivity contribution in [3.8, 4) is 17.1 Å². The minimum absolute atomic E-state index is 0.165. The van der Waals surface area contributed by atoms with Gasteiger partial charge in [-0.3, -0.25) is 9.78 Å². The highest BCUT2D eigenvalue weighted by Gasteiger charge is 2.28. The number of fused-ring (bicyclic) bond motifs is 1. The fourth-order valence-electron chi connectivity index (χ4n) is 5.22. The molecule has 0 bridgehead atoms. The van der Waals surface area contributed by atoms with Crippen molar-refractivity contribution in [2.24, 2.45) is 13.0 Å². The Morgan fingerprint density at radius 2 is 1.86 bits per heavy atom. The van der Waals surface area contributed by atoms with Gasteiger partial charge in [0, 0.05) is 49.9 Å². The minimum Gasteiger partial charge on any atom is -0.478 e. The Morgan fingerprint density at radius 3 is 2.57 bits per heavy atom. The van der Waals surface area contributed by atoms with Gasteiger partial charge in [0.15, 0.2) is 5.82 Å². The third kappa shape index (κ3) is 4.60. The number of aryl methyl sites for hydroxylation is 1. The number of rotatable bonds is 7. The molecule has 10 nitrogen and oxygen atoms in total. The molecule has 0 radical (unpaired) electrons. The van der Waals surface area contributed by atoms with Gasteiger partial charge in [0.1, 0.15) is 17.0 Å². The molecule has 4 aromatic rings. The monoisotopic (exact) mass is 499 g/mol. The zero-order valence-electron chi connectivity index (χ0n) is 20.7. The molecule has 3 aromatic heterocycles. The van der Waals surface area contributed by atoms with Crippen molar-refractivity contribution in [3.05, 3.63) is 60.0 Å². The summed E-state index contributed by atoms with van der Waals surface area (Å²) in [6, 6.07) is 11.0. The zero-order valence-corrected chi connectivity index (χ0v) is 20.7. The van der Waals surface area contributed by atoms with Crippen LogP contribution in [0.1, 0.15) is 46.5 Å². The van der Waals surface area contributed by atoms with Gasteiger partial charge in [0.05, 0.1) is 11.7 Å². The number of amides is 1. The fraction of sp³-hybridized carbons (Fsp3) is 0.370. The number of para-hydroxylation sites is 1. The number of carboxylic acid groups (broad SMARTS) is 1. The van der Waals surface area contributed by atoms with Crippen LogP contribution in [0.25, 0.3) is 28.0 Å². The number of likely N-dealkylation sites (tertiary alicyclic amines) is 1. The Kier molecular flexibility index (Phi) is 5.96. The van der Waals surface area contributed by atoms with E-state index in [2.05, 4.69) is 25.5 Å². The maximum absolute atomic E-state index is 12.8. The van der Waals surface area contributed by atoms with Crippen LogP contribution in [0.2, 0.25) is 0 Å². The zero-order chi connectivity index (χ0) is 25.5. The minimum atomic E-state index is -1.03. The maximum atomic E-state index is 12.8. The smallest absolute Gasteiger partial charge is 0.340 e. The molecule has 1 saturated heterocycles. The van der Waals surface area contributed by atoms with Gasteiger partial charge < -0.3 is 19.9 Å². The first-order chi connectivity index (χ1) is 18.0. The average Bonchev–Trinajstić information content (AvgIpc) is 3.49. The number of nitrogens with zero attached hydrogens (tertiary/aromatic N) is 6. The number of hydrogen-bond donors (Lipinski definition) is 2. The molecule has 190 valence electrons. The molecule has 0 unspecified atom stereocenters. The van der Waals surface area contributed by atoms with Gasteiger partial charge >= 0.3 is 5.97 Å². The SMILES string of the molecule is Cn1c(-n2cc(-c3ccc(C(=O)NC4CCN(CC5CC5)CC4)nc3)nn2)c(C(=O)O)c2ccccc21. The van der Waals surface area contributed by atoms with E-state index in [0.29, 0.717) is 28.2 Å². The number of hydrogen-bond acceptors (Lipinski definition) is 6. The highest BCUT2D eigenvalue weighted by Crippen LogP contribution is 2.31. The lowest BCUT2D eigenvalue weighted by molar-refractivity contribution is 0.0698. The van der Waals surface area contributed by atoms with Gasteiger partial charge in [-0.15, -0.1) is 5.10 Å². The summed E-state index contributed by atoms with van der Waals surface area (Å²) in [5.74, 6) is 0.105. The van der Waals surface area contributed by atoms with Crippen molar-refractivity contribution in [2.75, 3.05) is 19.6 Å². The Balaban J connectivity index is 1.16. The van der Waals surface area contributed by atoms with E-state index in [1.807, 2.05) is 18.2 Å². The molecule has 2 fully saturated rings. The number of benzene rings is 1. The standard InChI is InChI=1S/C27H29N7O3/c1-32-23-5-3-2-4-20(23)24(27(36)37)26(32)34-16-22(30-31-34)18-8-9-21(28-14-18)25(35)29-19-10-12-33(13-11-19)15-17-6-7-17/h2-5,8-9,14,16-17,19H,6-7,10-13,15H2,1H3,(H,29,35)(H,36,37). The molecule has 1 saturated carbocycles. The summed E-state index contributed by atoms with van der Waals surface area (Å²) in [5, 5.41) is 22.1. The van der Waals surface area contributed by atoms with Crippen LogP contribution in [-0.2, 0) is 7.05 Å². The first kappa shape index (κ1) is 23.4. The second-order valence-electron chi connectivity index (χ2n) is 10.1. The van der Waals surface area contributed by atoms with Crippen LogP contribution >= 0.6 is 0 Å². The van der Waals surface area contributed by atoms with Crippen LogP contribution in [0.15, 0.2) is 48.8 Å². The Morgan fingerprint density at radius 1 is 1.08 bits per heavy atom. The molecule has 1 aromatic carbocycles. The molecule has 10 heteroatoms. The van der Waals surface area contributed by atoms with Crippen molar-refractivity contribution in [2.45, 2.75) is 31.7 Å². The van der Waals surface area contributed by atoms with Gasteiger partial charge in [0.2, 0.25) is 0 Å². The first-order valence-corrected chi connectivity index (χ1v) is 12.7.